The van der Waals surface area contributed by atoms with E-state index in [1.165, 1.54) is 5.56 Å². The molecule has 20 heavy (non-hydrogen) atoms. The van der Waals surface area contributed by atoms with E-state index in [4.69, 9.17) is 21.0 Å². The van der Waals surface area contributed by atoms with Gasteiger partial charge in [-0.2, -0.15) is 0 Å². The van der Waals surface area contributed by atoms with Crippen molar-refractivity contribution in [1.82, 2.24) is 4.90 Å². The molecule has 1 aromatic carbocycles. The lowest BCUT2D eigenvalue weighted by atomic mass is 10.00. The Morgan fingerprint density at radius 1 is 1.40 bits per heavy atom. The summed E-state index contributed by atoms with van der Waals surface area (Å²) in [5.74, 6) is -0.419. The summed E-state index contributed by atoms with van der Waals surface area (Å²) in [5.41, 5.74) is 7.68. The second-order valence-corrected chi connectivity index (χ2v) is 4.17. The molecule has 0 radical (unpaired) electrons. The smallest absolute Gasteiger partial charge is 0.341 e. The summed E-state index contributed by atoms with van der Waals surface area (Å²) in [6.45, 7) is 0.946. The maximum Gasteiger partial charge on any atom is 0.341 e. The third-order valence-corrected chi connectivity index (χ3v) is 2.89. The molecule has 4 N–H and O–H groups in total. The Kier molecular flexibility index (Phi) is 7.17. The zero-order valence-corrected chi connectivity index (χ0v) is 12.3. The van der Waals surface area contributed by atoms with E-state index in [0.717, 1.165) is 18.5 Å². The van der Waals surface area contributed by atoms with Gasteiger partial charge in [-0.3, -0.25) is 5.41 Å². The number of aliphatic carboxylic acids is 1. The second kappa shape index (κ2) is 7.81. The molecule has 1 aliphatic heterocycles. The first-order valence-electron chi connectivity index (χ1n) is 5.61. The molecule has 0 saturated carbocycles. The van der Waals surface area contributed by atoms with Crippen molar-refractivity contribution in [2.24, 2.45) is 5.73 Å². The van der Waals surface area contributed by atoms with Crippen LogP contribution < -0.4 is 10.5 Å². The second-order valence-electron chi connectivity index (χ2n) is 4.17. The van der Waals surface area contributed by atoms with Crippen LogP contribution >= 0.6 is 24.8 Å². The number of carboxylic acids is 1. The number of hydrogen-bond acceptors (Lipinski definition) is 3. The van der Waals surface area contributed by atoms with Crippen LogP contribution in [-0.2, 0) is 17.8 Å². The Hall–Kier alpha value is -1.66. The highest BCUT2D eigenvalue weighted by molar-refractivity contribution is 5.85. The average Bonchev–Trinajstić information content (AvgIpc) is 2.35. The molecule has 112 valence electrons. The van der Waals surface area contributed by atoms with Gasteiger partial charge in [0.1, 0.15) is 5.75 Å². The predicted molar refractivity (Wildman–Crippen MR) is 80.1 cm³/mol. The lowest BCUT2D eigenvalue weighted by Crippen LogP contribution is -2.40. The number of nitrogens with two attached hydrogens (primary N) is 1. The minimum Gasteiger partial charge on any atom is -0.482 e. The quantitative estimate of drug-likeness (QED) is 0.574. The first kappa shape index (κ1) is 18.3. The number of nitrogens with zero attached hydrogens (tertiary/aromatic N) is 1. The molecule has 0 bridgehead atoms. The van der Waals surface area contributed by atoms with Crippen LogP contribution in [-0.4, -0.2) is 35.1 Å². The van der Waals surface area contributed by atoms with Gasteiger partial charge in [0.25, 0.3) is 0 Å². The first-order valence-corrected chi connectivity index (χ1v) is 5.61. The van der Waals surface area contributed by atoms with Gasteiger partial charge in [-0.15, -0.1) is 24.8 Å². The summed E-state index contributed by atoms with van der Waals surface area (Å²) in [5, 5.41) is 16.0. The summed E-state index contributed by atoms with van der Waals surface area (Å²) in [6.07, 6.45) is 0.828. The number of rotatable bonds is 3. The maximum absolute atomic E-state index is 10.4. The van der Waals surface area contributed by atoms with E-state index in [9.17, 15) is 4.79 Å². The van der Waals surface area contributed by atoms with E-state index in [1.54, 1.807) is 11.0 Å². The summed E-state index contributed by atoms with van der Waals surface area (Å²) in [6, 6.07) is 5.52. The molecule has 1 heterocycles. The molecule has 0 amide bonds. The van der Waals surface area contributed by atoms with Crippen LogP contribution in [0.4, 0.5) is 0 Å². The standard InChI is InChI=1S/C12H15N3O3.2ClH/c13-12(14)15-4-3-8-1-2-10(5-9(8)6-15)18-7-11(16)17;;/h1-2,5H,3-4,6-7H2,(H3,13,14)(H,16,17);2*1H. The lowest BCUT2D eigenvalue weighted by molar-refractivity contribution is -0.139. The number of hydrogen-bond donors (Lipinski definition) is 3. The fraction of sp³-hybridized carbons (Fsp3) is 0.333. The van der Waals surface area contributed by atoms with Crippen LogP contribution in [0.5, 0.6) is 5.75 Å². The summed E-state index contributed by atoms with van der Waals surface area (Å²) in [7, 11) is 0. The van der Waals surface area contributed by atoms with E-state index >= 15 is 0 Å². The van der Waals surface area contributed by atoms with Crippen LogP contribution in [0.3, 0.4) is 0 Å². The van der Waals surface area contributed by atoms with Gasteiger partial charge >= 0.3 is 5.97 Å². The SMILES string of the molecule is Cl.Cl.N=C(N)N1CCc2ccc(OCC(=O)O)cc2C1. The number of guanidine groups is 1. The number of carboxylic acid groups (broad SMARTS) is 1. The van der Waals surface area contributed by atoms with Crippen LogP contribution in [0.25, 0.3) is 0 Å². The minimum atomic E-state index is -1.00. The Labute approximate surface area is 129 Å². The minimum absolute atomic E-state index is 0. The molecule has 0 spiro atoms. The number of ether oxygens (including phenoxy) is 1. The molecule has 0 aliphatic carbocycles. The monoisotopic (exact) mass is 321 g/mol. The van der Waals surface area contributed by atoms with Crippen molar-refractivity contribution in [2.75, 3.05) is 13.2 Å². The highest BCUT2D eigenvalue weighted by atomic mass is 35.5. The Morgan fingerprint density at radius 2 is 2.10 bits per heavy atom. The van der Waals surface area contributed by atoms with Crippen LogP contribution in [0.2, 0.25) is 0 Å². The van der Waals surface area contributed by atoms with E-state index < -0.39 is 5.97 Å². The predicted octanol–water partition coefficient (Wildman–Crippen LogP) is 1.25. The molecular weight excluding hydrogens is 305 g/mol. The van der Waals surface area contributed by atoms with E-state index in [0.29, 0.717) is 12.3 Å². The molecule has 0 saturated heterocycles. The summed E-state index contributed by atoms with van der Waals surface area (Å²) in [4.78, 5) is 12.2. The van der Waals surface area contributed by atoms with Gasteiger partial charge in [0, 0.05) is 13.1 Å². The summed E-state index contributed by atoms with van der Waals surface area (Å²) >= 11 is 0. The molecule has 6 nitrogen and oxygen atoms in total. The van der Waals surface area contributed by atoms with Gasteiger partial charge < -0.3 is 20.5 Å². The highest BCUT2D eigenvalue weighted by Gasteiger charge is 2.17. The number of fused-ring (bicyclic) bond motifs is 1. The van der Waals surface area contributed by atoms with Gasteiger partial charge in [0.05, 0.1) is 0 Å². The van der Waals surface area contributed by atoms with Gasteiger partial charge in [0.2, 0.25) is 0 Å². The number of benzene rings is 1. The number of carbonyl (C=O) groups is 1. The van der Waals surface area contributed by atoms with E-state index in [1.807, 2.05) is 12.1 Å². The van der Waals surface area contributed by atoms with Crippen molar-refractivity contribution in [3.05, 3.63) is 29.3 Å². The van der Waals surface area contributed by atoms with Gasteiger partial charge in [-0.1, -0.05) is 6.07 Å². The summed E-state index contributed by atoms with van der Waals surface area (Å²) < 4.78 is 5.13. The van der Waals surface area contributed by atoms with Crippen molar-refractivity contribution in [3.63, 3.8) is 0 Å². The molecule has 0 unspecified atom stereocenters. The number of halogens is 2. The van der Waals surface area contributed by atoms with Crippen LogP contribution in [0.15, 0.2) is 18.2 Å². The van der Waals surface area contributed by atoms with Crippen molar-refractivity contribution in [3.8, 4) is 5.75 Å². The third kappa shape index (κ3) is 4.47. The Balaban J connectivity index is 0.00000180. The molecule has 2 rings (SSSR count). The number of nitrogens with one attached hydrogen (secondary N) is 1. The molecule has 1 aliphatic rings. The van der Waals surface area contributed by atoms with Crippen molar-refractivity contribution < 1.29 is 14.6 Å². The van der Waals surface area contributed by atoms with Crippen molar-refractivity contribution in [1.29, 1.82) is 5.41 Å². The zero-order chi connectivity index (χ0) is 13.1. The lowest BCUT2D eigenvalue weighted by Gasteiger charge is -2.29. The van der Waals surface area contributed by atoms with Crippen LogP contribution in [0, 0.1) is 5.41 Å². The highest BCUT2D eigenvalue weighted by Crippen LogP contribution is 2.23. The molecule has 8 heteroatoms. The Bertz CT molecular complexity index is 497. The van der Waals surface area contributed by atoms with E-state index in [-0.39, 0.29) is 37.4 Å². The fourth-order valence-electron chi connectivity index (χ4n) is 1.97. The topological polar surface area (TPSA) is 99.6 Å². The zero-order valence-electron chi connectivity index (χ0n) is 10.7. The largest absolute Gasteiger partial charge is 0.482 e. The van der Waals surface area contributed by atoms with E-state index in [2.05, 4.69) is 0 Å². The first-order chi connectivity index (χ1) is 8.56. The molecule has 1 aromatic rings. The molecule has 0 aromatic heterocycles. The maximum atomic E-state index is 10.4. The van der Waals surface area contributed by atoms with Gasteiger partial charge in [0.15, 0.2) is 12.6 Å². The van der Waals surface area contributed by atoms with Gasteiger partial charge in [-0.25, -0.2) is 4.79 Å². The molecule has 0 atom stereocenters. The normalized spacial score (nSPS) is 12.5. The average molecular weight is 322 g/mol. The van der Waals surface area contributed by atoms with Crippen molar-refractivity contribution in [2.45, 2.75) is 13.0 Å². The molecule has 0 fully saturated rings. The Morgan fingerprint density at radius 3 is 2.70 bits per heavy atom. The third-order valence-electron chi connectivity index (χ3n) is 2.89. The van der Waals surface area contributed by atoms with Gasteiger partial charge in [-0.05, 0) is 29.7 Å². The molecular formula is C12H17Cl2N3O3. The van der Waals surface area contributed by atoms with Crippen molar-refractivity contribution >= 4 is 36.7 Å². The fourth-order valence-corrected chi connectivity index (χ4v) is 1.97. The van der Waals surface area contributed by atoms with Crippen LogP contribution in [0.1, 0.15) is 11.1 Å².